The van der Waals surface area contributed by atoms with E-state index in [1.165, 1.54) is 43.3 Å². The normalized spacial score (nSPS) is 12.6. The van der Waals surface area contributed by atoms with Crippen molar-refractivity contribution in [2.75, 3.05) is 0 Å². The number of aromatic nitrogens is 2. The zero-order valence-corrected chi connectivity index (χ0v) is 33.5. The smallest absolute Gasteiger partial charge is 0.164 e. The molecule has 6 rings (SSSR count). The molecule has 0 unspecified atom stereocenters. The van der Waals surface area contributed by atoms with Gasteiger partial charge in [-0.1, -0.05) is 122 Å². The van der Waals surface area contributed by atoms with Gasteiger partial charge < -0.3 is 5.11 Å². The second-order valence-electron chi connectivity index (χ2n) is 14.5. The van der Waals surface area contributed by atoms with Crippen LogP contribution in [0.5, 0.6) is 0 Å². The minimum atomic E-state index is -0.337. The number of aliphatic hydroxyl groups is 1. The van der Waals surface area contributed by atoms with Crippen LogP contribution in [0, 0.1) is 16.9 Å². The summed E-state index contributed by atoms with van der Waals surface area (Å²) in [6.07, 6.45) is 6.44. The van der Waals surface area contributed by atoms with Gasteiger partial charge >= 0.3 is 0 Å². The molecule has 4 nitrogen and oxygen atoms in total. The number of rotatable bonds is 8. The molecular formula is C43H49IrN2O2S-. The summed E-state index contributed by atoms with van der Waals surface area (Å²) in [6.45, 7) is 18.8. The molecule has 0 bridgehead atoms. The molecule has 6 heteroatoms. The van der Waals surface area contributed by atoms with Crippen molar-refractivity contribution >= 4 is 59.0 Å². The zero-order valence-electron chi connectivity index (χ0n) is 30.3. The fraction of sp³-hybridized carbons (Fsp3) is 0.372. The number of aliphatic hydroxyl groups excluding tert-OH is 1. The monoisotopic (exact) mass is 850 g/mol. The maximum Gasteiger partial charge on any atom is 0.164 e. The SMILES string of the molecule is CC(C)(C)c1ccc2c(-c3ncnc4c3sc3c5ccccc5ccc43)[c-]ccc2c1.CCC(C)(CC)C(=O)/C=C(\O)C(C)(CC)CC.[Ir]. The van der Waals surface area contributed by atoms with Crippen molar-refractivity contribution in [1.29, 1.82) is 0 Å². The number of hydrogen-bond donors (Lipinski definition) is 1. The van der Waals surface area contributed by atoms with Gasteiger partial charge in [0.05, 0.1) is 5.52 Å². The van der Waals surface area contributed by atoms with Crippen LogP contribution in [0.15, 0.2) is 84.9 Å². The van der Waals surface area contributed by atoms with E-state index in [-0.39, 0.29) is 47.9 Å². The Morgan fingerprint density at radius 3 is 2.08 bits per heavy atom. The summed E-state index contributed by atoms with van der Waals surface area (Å²) < 4.78 is 2.39. The van der Waals surface area contributed by atoms with Crippen molar-refractivity contribution in [3.05, 3.63) is 96.5 Å². The molecule has 49 heavy (non-hydrogen) atoms. The second kappa shape index (κ2) is 15.2. The largest absolute Gasteiger partial charge is 0.512 e. The van der Waals surface area contributed by atoms with Gasteiger partial charge in [-0.25, -0.2) is 4.98 Å². The molecule has 0 saturated heterocycles. The number of nitrogens with zero attached hydrogens (tertiary/aromatic N) is 2. The molecule has 1 N–H and O–H groups in total. The Kier molecular flexibility index (Phi) is 11.9. The van der Waals surface area contributed by atoms with Crippen LogP contribution in [-0.2, 0) is 30.3 Å². The van der Waals surface area contributed by atoms with Crippen molar-refractivity contribution in [2.24, 2.45) is 10.8 Å². The molecule has 0 aliphatic carbocycles. The first-order chi connectivity index (χ1) is 22.8. The van der Waals surface area contributed by atoms with E-state index < -0.39 is 0 Å². The van der Waals surface area contributed by atoms with Crippen LogP contribution in [0.1, 0.15) is 93.6 Å². The fourth-order valence-electron chi connectivity index (χ4n) is 6.05. The van der Waals surface area contributed by atoms with Gasteiger partial charge in [0.15, 0.2) is 5.78 Å². The summed E-state index contributed by atoms with van der Waals surface area (Å²) in [5.74, 6) is 0.286. The third-order valence-corrected chi connectivity index (χ3v) is 11.9. The summed E-state index contributed by atoms with van der Waals surface area (Å²) in [5, 5.41) is 16.2. The van der Waals surface area contributed by atoms with Gasteiger partial charge in [0.25, 0.3) is 0 Å². The molecule has 0 atom stereocenters. The third-order valence-electron chi connectivity index (χ3n) is 10.7. The molecule has 1 radical (unpaired) electrons. The molecule has 0 fully saturated rings. The minimum absolute atomic E-state index is 0. The maximum absolute atomic E-state index is 12.2. The summed E-state index contributed by atoms with van der Waals surface area (Å²) in [5.41, 5.74) is 3.87. The Morgan fingerprint density at radius 1 is 0.776 bits per heavy atom. The number of carbonyl (C=O) groups excluding carboxylic acids is 1. The van der Waals surface area contributed by atoms with Gasteiger partial charge in [0, 0.05) is 57.5 Å². The van der Waals surface area contributed by atoms with Gasteiger partial charge in [-0.05, 0) is 47.4 Å². The maximum atomic E-state index is 12.2. The van der Waals surface area contributed by atoms with Crippen LogP contribution in [0.4, 0.5) is 0 Å². The molecule has 0 aliphatic heterocycles. The summed E-state index contributed by atoms with van der Waals surface area (Å²) in [7, 11) is 0. The van der Waals surface area contributed by atoms with E-state index in [1.54, 1.807) is 17.7 Å². The molecule has 2 heterocycles. The molecule has 2 aromatic heterocycles. The van der Waals surface area contributed by atoms with Gasteiger partial charge in [0.1, 0.15) is 12.1 Å². The predicted octanol–water partition coefficient (Wildman–Crippen LogP) is 12.6. The molecule has 0 aliphatic rings. The van der Waals surface area contributed by atoms with Crippen LogP contribution < -0.4 is 0 Å². The molecule has 0 saturated carbocycles. The fourth-order valence-corrected chi connectivity index (χ4v) is 7.33. The van der Waals surface area contributed by atoms with Crippen LogP contribution in [0.3, 0.4) is 0 Å². The average Bonchev–Trinajstić information content (AvgIpc) is 3.50. The number of ketones is 1. The van der Waals surface area contributed by atoms with Crippen molar-refractivity contribution in [3.8, 4) is 11.3 Å². The molecule has 0 amide bonds. The van der Waals surface area contributed by atoms with Crippen molar-refractivity contribution in [3.63, 3.8) is 0 Å². The molecule has 259 valence electrons. The van der Waals surface area contributed by atoms with E-state index in [4.69, 9.17) is 4.98 Å². The van der Waals surface area contributed by atoms with Crippen molar-refractivity contribution < 1.29 is 30.0 Å². The topological polar surface area (TPSA) is 63.1 Å². The zero-order chi connectivity index (χ0) is 34.9. The predicted molar refractivity (Wildman–Crippen MR) is 206 cm³/mol. The van der Waals surface area contributed by atoms with Gasteiger partial charge in [-0.2, -0.15) is 0 Å². The average molecular weight is 850 g/mol. The van der Waals surface area contributed by atoms with Crippen LogP contribution in [0.2, 0.25) is 0 Å². The number of hydrogen-bond acceptors (Lipinski definition) is 5. The Balaban J connectivity index is 0.000000260. The Labute approximate surface area is 309 Å². The first kappa shape index (κ1) is 38.4. The summed E-state index contributed by atoms with van der Waals surface area (Å²) in [6, 6.07) is 27.3. The quantitative estimate of drug-likeness (QED) is 0.0941. The van der Waals surface area contributed by atoms with Crippen molar-refractivity contribution in [2.45, 2.75) is 93.4 Å². The Hall–Kier alpha value is -3.44. The van der Waals surface area contributed by atoms with Gasteiger partial charge in [0.2, 0.25) is 0 Å². The van der Waals surface area contributed by atoms with Crippen LogP contribution in [0.25, 0.3) is 53.1 Å². The number of fused-ring (bicyclic) bond motifs is 6. The Morgan fingerprint density at radius 2 is 1.43 bits per heavy atom. The van der Waals surface area contributed by atoms with Crippen LogP contribution in [-0.4, -0.2) is 20.9 Å². The van der Waals surface area contributed by atoms with Crippen LogP contribution >= 0.6 is 11.3 Å². The molecular weight excluding hydrogens is 801 g/mol. The van der Waals surface area contributed by atoms with E-state index in [1.807, 2.05) is 47.6 Å². The third kappa shape index (κ3) is 7.53. The Bertz CT molecular complexity index is 2130. The standard InChI is InChI=1S/C28H21N2S.C15H28O2.Ir/c1-28(2,3)19-12-14-20-18(15-19)8-6-10-22(20)24-27-25(30-16-29-24)23-13-11-17-7-4-5-9-21(17)26(23)31-27;1-7-14(5,8-2)12(16)11-13(17)15(6,9-3)10-4;/h4-9,11-16H,1-3H3;11,16H,7-10H2,1-6H3;/q-1;;/b;12-11-;. The first-order valence-corrected chi connectivity index (χ1v) is 18.1. The summed E-state index contributed by atoms with van der Waals surface area (Å²) >= 11 is 1.78. The van der Waals surface area contributed by atoms with Gasteiger partial charge in [-0.15, -0.1) is 40.5 Å². The first-order valence-electron chi connectivity index (χ1n) is 17.3. The van der Waals surface area contributed by atoms with E-state index in [0.717, 1.165) is 47.2 Å². The number of thiophene rings is 1. The molecule has 0 spiro atoms. The van der Waals surface area contributed by atoms with E-state index >= 15 is 0 Å². The number of allylic oxidation sites excluding steroid dienone is 2. The summed E-state index contributed by atoms with van der Waals surface area (Å²) in [4.78, 5) is 21.6. The molecule has 6 aromatic rings. The minimum Gasteiger partial charge on any atom is -0.512 e. The van der Waals surface area contributed by atoms with Crippen molar-refractivity contribution in [1.82, 2.24) is 9.97 Å². The van der Waals surface area contributed by atoms with Gasteiger partial charge in [-0.3, -0.25) is 9.78 Å². The van der Waals surface area contributed by atoms with E-state index in [0.29, 0.717) is 0 Å². The number of carbonyl (C=O) groups is 1. The van der Waals surface area contributed by atoms with E-state index in [9.17, 15) is 9.90 Å². The second-order valence-corrected chi connectivity index (χ2v) is 15.5. The molecule has 4 aromatic carbocycles. The number of benzene rings is 4. The van der Waals surface area contributed by atoms with E-state index in [2.05, 4.69) is 92.5 Å².